The van der Waals surface area contributed by atoms with E-state index in [4.69, 9.17) is 0 Å². The van der Waals surface area contributed by atoms with Crippen molar-refractivity contribution in [1.29, 1.82) is 0 Å². The van der Waals surface area contributed by atoms with Gasteiger partial charge in [0.1, 0.15) is 0 Å². The zero-order valence-electron chi connectivity index (χ0n) is 11.1. The minimum Gasteiger partial charge on any atom is -0.303 e. The predicted octanol–water partition coefficient (Wildman–Crippen LogP) is 3.62. The highest BCUT2D eigenvalue weighted by Crippen LogP contribution is 2.30. The molecule has 0 N–H and O–H groups in total. The molecule has 1 aliphatic heterocycles. The molecular formula is C12H21N3S3. The lowest BCUT2D eigenvalue weighted by molar-refractivity contribution is 0.182. The highest BCUT2D eigenvalue weighted by atomic mass is 32.2. The van der Waals surface area contributed by atoms with Crippen LogP contribution >= 0.6 is 34.9 Å². The van der Waals surface area contributed by atoms with Crippen molar-refractivity contribution in [2.45, 2.75) is 47.3 Å². The summed E-state index contributed by atoms with van der Waals surface area (Å²) >= 11 is 5.38. The molecule has 0 aliphatic carbocycles. The van der Waals surface area contributed by atoms with Gasteiger partial charge in [-0.15, -0.1) is 10.2 Å². The van der Waals surface area contributed by atoms with E-state index in [1.54, 1.807) is 23.1 Å². The molecule has 102 valence electrons. The van der Waals surface area contributed by atoms with Crippen LogP contribution in [0.4, 0.5) is 0 Å². The number of piperidine rings is 1. The van der Waals surface area contributed by atoms with Crippen molar-refractivity contribution in [1.82, 2.24) is 15.1 Å². The molecule has 1 atom stereocenters. The van der Waals surface area contributed by atoms with Crippen molar-refractivity contribution < 1.29 is 0 Å². The van der Waals surface area contributed by atoms with Crippen LogP contribution in [0.2, 0.25) is 0 Å². The fraction of sp³-hybridized carbons (Fsp3) is 0.833. The second-order valence-electron chi connectivity index (χ2n) is 4.53. The van der Waals surface area contributed by atoms with Crippen LogP contribution in [0.3, 0.4) is 0 Å². The van der Waals surface area contributed by atoms with Gasteiger partial charge in [-0.1, -0.05) is 48.2 Å². The summed E-state index contributed by atoms with van der Waals surface area (Å²) < 4.78 is 2.24. The normalized spacial score (nSPS) is 21.3. The molecular weight excluding hydrogens is 282 g/mol. The Morgan fingerprint density at radius 3 is 2.78 bits per heavy atom. The summed E-state index contributed by atoms with van der Waals surface area (Å²) in [5.74, 6) is 2.24. The quantitative estimate of drug-likeness (QED) is 0.749. The van der Waals surface area contributed by atoms with Crippen molar-refractivity contribution >= 4 is 34.9 Å². The molecule has 2 rings (SSSR count). The first-order valence-electron chi connectivity index (χ1n) is 6.59. The minimum absolute atomic E-state index is 0.781. The standard InChI is InChI=1S/C12H21N3S3/c1-3-16-11-13-14-12(18-11)17-9-7-10-6-4-5-8-15(10)2/h10H,3-9H2,1-2H3/t10-/m0/s1. The summed E-state index contributed by atoms with van der Waals surface area (Å²) in [7, 11) is 2.26. The Balaban J connectivity index is 1.70. The zero-order valence-corrected chi connectivity index (χ0v) is 13.5. The molecule has 0 aromatic carbocycles. The van der Waals surface area contributed by atoms with Gasteiger partial charge in [-0.05, 0) is 38.6 Å². The Hall–Kier alpha value is 0.220. The van der Waals surface area contributed by atoms with Crippen molar-refractivity contribution in [3.05, 3.63) is 0 Å². The van der Waals surface area contributed by atoms with Gasteiger partial charge in [0.15, 0.2) is 8.68 Å². The molecule has 18 heavy (non-hydrogen) atoms. The van der Waals surface area contributed by atoms with Crippen LogP contribution in [0.5, 0.6) is 0 Å². The number of rotatable bonds is 6. The highest BCUT2D eigenvalue weighted by molar-refractivity contribution is 8.03. The van der Waals surface area contributed by atoms with Crippen LogP contribution < -0.4 is 0 Å². The Morgan fingerprint density at radius 1 is 1.28 bits per heavy atom. The molecule has 0 radical (unpaired) electrons. The maximum absolute atomic E-state index is 4.23. The fourth-order valence-corrected chi connectivity index (χ4v) is 5.26. The number of hydrogen-bond acceptors (Lipinski definition) is 6. The lowest BCUT2D eigenvalue weighted by atomic mass is 10.0. The van der Waals surface area contributed by atoms with Gasteiger partial charge in [0.05, 0.1) is 0 Å². The van der Waals surface area contributed by atoms with Crippen molar-refractivity contribution in [3.63, 3.8) is 0 Å². The number of likely N-dealkylation sites (tertiary alicyclic amines) is 1. The lowest BCUT2D eigenvalue weighted by Gasteiger charge is -2.32. The summed E-state index contributed by atoms with van der Waals surface area (Å²) in [4.78, 5) is 2.52. The predicted molar refractivity (Wildman–Crippen MR) is 81.9 cm³/mol. The van der Waals surface area contributed by atoms with E-state index < -0.39 is 0 Å². The van der Waals surface area contributed by atoms with Crippen molar-refractivity contribution in [3.8, 4) is 0 Å². The maximum Gasteiger partial charge on any atom is 0.175 e. The van der Waals surface area contributed by atoms with Crippen LogP contribution in [0.25, 0.3) is 0 Å². The fourth-order valence-electron chi connectivity index (χ4n) is 2.23. The number of nitrogens with zero attached hydrogens (tertiary/aromatic N) is 3. The van der Waals surface area contributed by atoms with E-state index in [-0.39, 0.29) is 0 Å². The molecule has 6 heteroatoms. The molecule has 2 heterocycles. The van der Waals surface area contributed by atoms with E-state index in [0.717, 1.165) is 20.5 Å². The molecule has 1 saturated heterocycles. The van der Waals surface area contributed by atoms with Crippen LogP contribution in [0, 0.1) is 0 Å². The molecule has 1 fully saturated rings. The molecule has 0 spiro atoms. The molecule has 0 saturated carbocycles. The van der Waals surface area contributed by atoms with E-state index in [1.165, 1.54) is 38.0 Å². The minimum atomic E-state index is 0.781. The second kappa shape index (κ2) is 7.72. The Morgan fingerprint density at radius 2 is 2.06 bits per heavy atom. The number of hydrogen-bond donors (Lipinski definition) is 0. The monoisotopic (exact) mass is 303 g/mol. The van der Waals surface area contributed by atoms with E-state index >= 15 is 0 Å². The molecule has 0 amide bonds. The molecule has 1 aromatic heterocycles. The van der Waals surface area contributed by atoms with Crippen molar-refractivity contribution in [2.24, 2.45) is 0 Å². The van der Waals surface area contributed by atoms with E-state index in [1.807, 2.05) is 11.8 Å². The van der Waals surface area contributed by atoms with Gasteiger partial charge in [0.25, 0.3) is 0 Å². The van der Waals surface area contributed by atoms with Gasteiger partial charge < -0.3 is 4.90 Å². The Labute approximate surface area is 122 Å². The molecule has 1 aliphatic rings. The third-order valence-corrected chi connectivity index (χ3v) is 6.36. The van der Waals surface area contributed by atoms with E-state index in [9.17, 15) is 0 Å². The van der Waals surface area contributed by atoms with Crippen LogP contribution in [0.15, 0.2) is 8.68 Å². The first kappa shape index (κ1) is 14.6. The van der Waals surface area contributed by atoms with Gasteiger partial charge >= 0.3 is 0 Å². The first-order chi connectivity index (χ1) is 8.79. The van der Waals surface area contributed by atoms with Gasteiger partial charge in [0.2, 0.25) is 0 Å². The zero-order chi connectivity index (χ0) is 12.8. The van der Waals surface area contributed by atoms with Crippen LogP contribution in [-0.2, 0) is 0 Å². The average Bonchev–Trinajstić information content (AvgIpc) is 2.80. The summed E-state index contributed by atoms with van der Waals surface area (Å²) in [5.41, 5.74) is 0. The summed E-state index contributed by atoms with van der Waals surface area (Å²) in [6.45, 7) is 3.42. The van der Waals surface area contributed by atoms with Crippen molar-refractivity contribution in [2.75, 3.05) is 25.1 Å². The molecule has 0 unspecified atom stereocenters. The lowest BCUT2D eigenvalue weighted by Crippen LogP contribution is -2.36. The Bertz CT molecular complexity index is 356. The summed E-state index contributed by atoms with van der Waals surface area (Å²) in [6, 6.07) is 0.781. The first-order valence-corrected chi connectivity index (χ1v) is 9.37. The van der Waals surface area contributed by atoms with E-state index in [2.05, 4.69) is 29.1 Å². The summed E-state index contributed by atoms with van der Waals surface area (Å²) in [6.07, 6.45) is 5.41. The second-order valence-corrected chi connectivity index (χ2v) is 8.36. The third kappa shape index (κ3) is 4.40. The van der Waals surface area contributed by atoms with Crippen LogP contribution in [0.1, 0.15) is 32.6 Å². The smallest absolute Gasteiger partial charge is 0.175 e. The largest absolute Gasteiger partial charge is 0.303 e. The maximum atomic E-state index is 4.23. The molecule has 3 nitrogen and oxygen atoms in total. The third-order valence-electron chi connectivity index (χ3n) is 3.25. The number of aromatic nitrogens is 2. The van der Waals surface area contributed by atoms with Gasteiger partial charge in [0, 0.05) is 11.8 Å². The Kier molecular flexibility index (Phi) is 6.28. The SMILES string of the molecule is CCSc1nnc(SCC[C@@H]2CCCCN2C)s1. The average molecular weight is 304 g/mol. The van der Waals surface area contributed by atoms with Gasteiger partial charge in [-0.2, -0.15) is 0 Å². The van der Waals surface area contributed by atoms with Gasteiger partial charge in [-0.25, -0.2) is 0 Å². The van der Waals surface area contributed by atoms with Gasteiger partial charge in [-0.3, -0.25) is 0 Å². The van der Waals surface area contributed by atoms with E-state index in [0.29, 0.717) is 0 Å². The topological polar surface area (TPSA) is 29.0 Å². The van der Waals surface area contributed by atoms with Crippen LogP contribution in [-0.4, -0.2) is 46.2 Å². The highest BCUT2D eigenvalue weighted by Gasteiger charge is 2.18. The summed E-state index contributed by atoms with van der Waals surface area (Å²) in [5, 5.41) is 8.42. The molecule has 1 aromatic rings. The molecule has 0 bridgehead atoms. The number of thioether (sulfide) groups is 2.